The van der Waals surface area contributed by atoms with Crippen molar-refractivity contribution in [1.82, 2.24) is 24.8 Å². The number of likely N-dealkylation sites (tertiary alicyclic amines) is 1. The Hall–Kier alpha value is -2.21. The molecule has 0 bridgehead atoms. The minimum atomic E-state index is -0.0216. The van der Waals surface area contributed by atoms with Gasteiger partial charge in [-0.1, -0.05) is 6.07 Å². The predicted octanol–water partition coefficient (Wildman–Crippen LogP) is 2.83. The van der Waals surface area contributed by atoms with E-state index in [1.54, 1.807) is 0 Å². The van der Waals surface area contributed by atoms with Crippen molar-refractivity contribution in [2.45, 2.75) is 58.8 Å². The molecular formula is C19H27N5O. The average molecular weight is 341 g/mol. The molecule has 1 saturated heterocycles. The highest BCUT2D eigenvalue weighted by molar-refractivity contribution is 5.72. The summed E-state index contributed by atoms with van der Waals surface area (Å²) in [6, 6.07) is 4.91. The molecule has 0 aliphatic carbocycles. The lowest BCUT2D eigenvalue weighted by Gasteiger charge is -2.24. The van der Waals surface area contributed by atoms with Gasteiger partial charge in [0.15, 0.2) is 0 Å². The van der Waals surface area contributed by atoms with Crippen molar-refractivity contribution in [3.8, 4) is 0 Å². The van der Waals surface area contributed by atoms with Crippen LogP contribution in [0.4, 0.5) is 0 Å². The van der Waals surface area contributed by atoms with Crippen LogP contribution in [-0.4, -0.2) is 31.9 Å². The van der Waals surface area contributed by atoms with Crippen LogP contribution in [0.25, 0.3) is 0 Å². The first kappa shape index (κ1) is 17.6. The van der Waals surface area contributed by atoms with Crippen LogP contribution in [0.1, 0.15) is 62.8 Å². The lowest BCUT2D eigenvalue weighted by atomic mass is 10.1. The summed E-state index contributed by atoms with van der Waals surface area (Å²) < 4.78 is 2.24. The molecule has 1 atom stereocenters. The second kappa shape index (κ2) is 7.78. The molecule has 25 heavy (non-hydrogen) atoms. The van der Waals surface area contributed by atoms with E-state index in [1.165, 1.54) is 13.3 Å². The molecule has 134 valence electrons. The second-order valence-electron chi connectivity index (χ2n) is 6.97. The van der Waals surface area contributed by atoms with Crippen LogP contribution in [0.15, 0.2) is 30.7 Å². The van der Waals surface area contributed by atoms with E-state index >= 15 is 0 Å². The van der Waals surface area contributed by atoms with Crippen molar-refractivity contribution in [3.63, 3.8) is 0 Å². The smallest absolute Gasteiger partial charge is 0.217 e. The van der Waals surface area contributed by atoms with Crippen LogP contribution in [0.3, 0.4) is 0 Å². The molecule has 1 aliphatic heterocycles. The summed E-state index contributed by atoms with van der Waals surface area (Å²) in [5.74, 6) is 1.09. The number of hydrogen-bond acceptors (Lipinski definition) is 4. The van der Waals surface area contributed by atoms with E-state index in [0.29, 0.717) is 18.6 Å². The standard InChI is InChI=1S/C19H27N5O/c1-14(2)24-10-8-20-19(24)13-23-9-4-5-18(23)17-7-6-16(12-22-17)11-21-15(3)25/h6-8,10,12,14,18H,4-5,9,11,13H2,1-3H3,(H,21,25)/t18-/m0/s1. The van der Waals surface area contributed by atoms with Gasteiger partial charge in [0, 0.05) is 38.1 Å². The normalized spacial score (nSPS) is 18.0. The third-order valence-electron chi connectivity index (χ3n) is 4.74. The molecule has 3 rings (SSSR count). The van der Waals surface area contributed by atoms with Crippen LogP contribution in [-0.2, 0) is 17.9 Å². The molecule has 0 spiro atoms. The lowest BCUT2D eigenvalue weighted by molar-refractivity contribution is -0.119. The maximum atomic E-state index is 11.0. The molecule has 1 amide bonds. The first-order chi connectivity index (χ1) is 12.0. The molecule has 3 heterocycles. The van der Waals surface area contributed by atoms with Gasteiger partial charge in [0.2, 0.25) is 5.91 Å². The number of nitrogens with zero attached hydrogens (tertiary/aromatic N) is 4. The summed E-state index contributed by atoms with van der Waals surface area (Å²) in [7, 11) is 0. The largest absolute Gasteiger partial charge is 0.352 e. The SMILES string of the molecule is CC(=O)NCc1ccc([C@@H]2CCCN2Cc2nccn2C(C)C)nc1. The Balaban J connectivity index is 1.69. The number of rotatable bonds is 6. The van der Waals surface area contributed by atoms with Crippen molar-refractivity contribution in [1.29, 1.82) is 0 Å². The van der Waals surface area contributed by atoms with E-state index in [-0.39, 0.29) is 5.91 Å². The number of nitrogens with one attached hydrogen (secondary N) is 1. The number of pyridine rings is 1. The van der Waals surface area contributed by atoms with Crippen LogP contribution in [0.2, 0.25) is 0 Å². The Labute approximate surface area is 149 Å². The van der Waals surface area contributed by atoms with Crippen molar-refractivity contribution in [2.24, 2.45) is 0 Å². The number of imidazole rings is 1. The summed E-state index contributed by atoms with van der Waals surface area (Å²) in [5.41, 5.74) is 2.13. The number of amides is 1. The maximum Gasteiger partial charge on any atom is 0.217 e. The molecule has 6 nitrogen and oxygen atoms in total. The Morgan fingerprint density at radius 1 is 1.36 bits per heavy atom. The summed E-state index contributed by atoms with van der Waals surface area (Å²) >= 11 is 0. The monoisotopic (exact) mass is 341 g/mol. The summed E-state index contributed by atoms with van der Waals surface area (Å²) in [6.45, 7) is 8.35. The Bertz CT molecular complexity index is 707. The van der Waals surface area contributed by atoms with E-state index in [4.69, 9.17) is 0 Å². The van der Waals surface area contributed by atoms with Crippen LogP contribution >= 0.6 is 0 Å². The van der Waals surface area contributed by atoms with Crippen molar-refractivity contribution < 1.29 is 4.79 Å². The molecule has 6 heteroatoms. The Morgan fingerprint density at radius 3 is 2.88 bits per heavy atom. The highest BCUT2D eigenvalue weighted by atomic mass is 16.1. The van der Waals surface area contributed by atoms with Gasteiger partial charge in [0.05, 0.1) is 18.3 Å². The number of hydrogen-bond donors (Lipinski definition) is 1. The summed E-state index contributed by atoms with van der Waals surface area (Å²) in [5, 5.41) is 2.81. The van der Waals surface area contributed by atoms with Gasteiger partial charge in [0.1, 0.15) is 5.82 Å². The van der Waals surface area contributed by atoms with E-state index in [0.717, 1.165) is 36.6 Å². The van der Waals surface area contributed by atoms with Gasteiger partial charge in [-0.25, -0.2) is 4.98 Å². The summed E-state index contributed by atoms with van der Waals surface area (Å²) in [6.07, 6.45) is 8.12. The Morgan fingerprint density at radius 2 is 2.20 bits per heavy atom. The number of carbonyl (C=O) groups is 1. The fraction of sp³-hybridized carbons (Fsp3) is 0.526. The molecule has 1 N–H and O–H groups in total. The van der Waals surface area contributed by atoms with Crippen molar-refractivity contribution in [2.75, 3.05) is 6.54 Å². The van der Waals surface area contributed by atoms with Crippen molar-refractivity contribution >= 4 is 5.91 Å². The molecule has 2 aromatic heterocycles. The quantitative estimate of drug-likeness (QED) is 0.877. The molecule has 2 aromatic rings. The topological polar surface area (TPSA) is 63.1 Å². The Kier molecular flexibility index (Phi) is 5.48. The minimum absolute atomic E-state index is 0.0216. The maximum absolute atomic E-state index is 11.0. The van der Waals surface area contributed by atoms with Crippen LogP contribution in [0.5, 0.6) is 0 Å². The van der Waals surface area contributed by atoms with E-state index in [1.807, 2.05) is 12.4 Å². The lowest BCUT2D eigenvalue weighted by Crippen LogP contribution is -2.25. The van der Waals surface area contributed by atoms with Gasteiger partial charge < -0.3 is 9.88 Å². The third-order valence-corrected chi connectivity index (χ3v) is 4.74. The van der Waals surface area contributed by atoms with Gasteiger partial charge in [-0.05, 0) is 44.9 Å². The zero-order valence-electron chi connectivity index (χ0n) is 15.3. The molecule has 0 unspecified atom stereocenters. The van der Waals surface area contributed by atoms with Gasteiger partial charge in [-0.15, -0.1) is 0 Å². The van der Waals surface area contributed by atoms with E-state index < -0.39 is 0 Å². The number of carbonyl (C=O) groups excluding carboxylic acids is 1. The third kappa shape index (κ3) is 4.25. The van der Waals surface area contributed by atoms with Gasteiger partial charge in [-0.2, -0.15) is 0 Å². The number of aromatic nitrogens is 3. The predicted molar refractivity (Wildman–Crippen MR) is 96.8 cm³/mol. The molecule has 1 aliphatic rings. The van der Waals surface area contributed by atoms with E-state index in [9.17, 15) is 4.79 Å². The zero-order chi connectivity index (χ0) is 17.8. The first-order valence-corrected chi connectivity index (χ1v) is 8.99. The van der Waals surface area contributed by atoms with Crippen molar-refractivity contribution in [3.05, 3.63) is 47.8 Å². The summed E-state index contributed by atoms with van der Waals surface area (Å²) in [4.78, 5) is 22.7. The molecule has 1 fully saturated rings. The minimum Gasteiger partial charge on any atom is -0.352 e. The van der Waals surface area contributed by atoms with Gasteiger partial charge >= 0.3 is 0 Å². The van der Waals surface area contributed by atoms with Gasteiger partial charge in [-0.3, -0.25) is 14.7 Å². The fourth-order valence-corrected chi connectivity index (χ4v) is 3.43. The van der Waals surface area contributed by atoms with Gasteiger partial charge in [0.25, 0.3) is 0 Å². The molecule has 0 aromatic carbocycles. The molecule has 0 radical (unpaired) electrons. The zero-order valence-corrected chi connectivity index (χ0v) is 15.3. The van der Waals surface area contributed by atoms with Crippen LogP contribution in [0, 0.1) is 0 Å². The van der Waals surface area contributed by atoms with E-state index in [2.05, 4.69) is 56.9 Å². The fourth-order valence-electron chi connectivity index (χ4n) is 3.43. The highest BCUT2D eigenvalue weighted by Gasteiger charge is 2.28. The first-order valence-electron chi connectivity index (χ1n) is 8.99. The second-order valence-corrected chi connectivity index (χ2v) is 6.97. The highest BCUT2D eigenvalue weighted by Crippen LogP contribution is 2.32. The molecular weight excluding hydrogens is 314 g/mol. The molecule has 0 saturated carbocycles. The van der Waals surface area contributed by atoms with Crippen LogP contribution < -0.4 is 5.32 Å². The average Bonchev–Trinajstić information content (AvgIpc) is 3.23.